The van der Waals surface area contributed by atoms with Gasteiger partial charge in [0.2, 0.25) is 12.0 Å². The Kier molecular flexibility index (Phi) is 5.27. The molecule has 3 aromatic rings. The Morgan fingerprint density at radius 1 is 1.11 bits per heavy atom. The second-order valence-corrected chi connectivity index (χ2v) is 8.67. The predicted molar refractivity (Wildman–Crippen MR) is 132 cm³/mol. The maximum absolute atomic E-state index is 12.7. The van der Waals surface area contributed by atoms with Crippen LogP contribution in [0.25, 0.3) is 6.08 Å². The fourth-order valence-electron chi connectivity index (χ4n) is 3.62. The first-order chi connectivity index (χ1) is 17.1. The summed E-state index contributed by atoms with van der Waals surface area (Å²) in [5, 5.41) is 15.4. The average molecular weight is 484 g/mol. The van der Waals surface area contributed by atoms with Crippen LogP contribution in [0.4, 0.5) is 0 Å². The van der Waals surface area contributed by atoms with Gasteiger partial charge in [0.05, 0.1) is 5.57 Å². The fourth-order valence-corrected chi connectivity index (χ4v) is 4.50. The molecule has 172 valence electrons. The normalized spacial score (nSPS) is 17.4. The number of aliphatic imine (C=N–C) groups is 1. The van der Waals surface area contributed by atoms with Gasteiger partial charge in [-0.05, 0) is 65.4 Å². The Morgan fingerprint density at radius 2 is 1.97 bits per heavy atom. The molecular weight excluding hydrogens is 466 g/mol. The molecule has 3 aliphatic rings. The molecule has 2 aromatic carbocycles. The van der Waals surface area contributed by atoms with Crippen molar-refractivity contribution in [2.24, 2.45) is 10.1 Å². The van der Waals surface area contributed by atoms with Crippen molar-refractivity contribution in [2.75, 3.05) is 6.79 Å². The molecule has 0 fully saturated rings. The minimum Gasteiger partial charge on any atom is -0.489 e. The molecule has 0 aliphatic carbocycles. The molecule has 1 N–H and O–H groups in total. The predicted octanol–water partition coefficient (Wildman–Crippen LogP) is 4.06. The number of rotatable bonds is 5. The number of carbonyl (C=O) groups is 1. The quantitative estimate of drug-likeness (QED) is 0.545. The summed E-state index contributed by atoms with van der Waals surface area (Å²) in [6.07, 6.45) is 4.99. The van der Waals surface area contributed by atoms with Crippen molar-refractivity contribution in [1.82, 2.24) is 9.99 Å². The number of aromatic nitrogens is 1. The van der Waals surface area contributed by atoms with Gasteiger partial charge in [0.1, 0.15) is 17.4 Å². The summed E-state index contributed by atoms with van der Waals surface area (Å²) in [6.45, 7) is 0.611. The van der Waals surface area contributed by atoms with Crippen molar-refractivity contribution in [1.29, 1.82) is 5.41 Å². The second-order valence-electron chi connectivity index (χ2n) is 7.71. The van der Waals surface area contributed by atoms with Gasteiger partial charge in [0, 0.05) is 18.0 Å². The number of ether oxygens (including phenoxy) is 3. The summed E-state index contributed by atoms with van der Waals surface area (Å²) in [5.74, 6) is 1.63. The zero-order valence-corrected chi connectivity index (χ0v) is 19.0. The van der Waals surface area contributed by atoms with E-state index in [1.165, 1.54) is 16.8 Å². The first kappa shape index (κ1) is 21.1. The number of amidine groups is 2. The Balaban J connectivity index is 1.16. The number of thioether (sulfide) groups is 1. The van der Waals surface area contributed by atoms with Crippen molar-refractivity contribution in [3.63, 3.8) is 0 Å². The monoisotopic (exact) mass is 483 g/mol. The van der Waals surface area contributed by atoms with Crippen LogP contribution >= 0.6 is 11.8 Å². The van der Waals surface area contributed by atoms with Gasteiger partial charge in [-0.15, -0.1) is 0 Å². The number of nitrogens with zero attached hydrogens (tertiary/aromatic N) is 4. The van der Waals surface area contributed by atoms with Gasteiger partial charge in [0.15, 0.2) is 17.3 Å². The number of hydrazone groups is 1. The highest BCUT2D eigenvalue weighted by atomic mass is 32.2. The maximum Gasteiger partial charge on any atom is 0.283 e. The van der Waals surface area contributed by atoms with Crippen LogP contribution in [0.1, 0.15) is 16.7 Å². The maximum atomic E-state index is 12.7. The first-order valence-corrected chi connectivity index (χ1v) is 11.5. The summed E-state index contributed by atoms with van der Waals surface area (Å²) in [7, 11) is 0. The van der Waals surface area contributed by atoms with Crippen molar-refractivity contribution >= 4 is 39.8 Å². The largest absolute Gasteiger partial charge is 0.489 e. The van der Waals surface area contributed by atoms with E-state index in [4.69, 9.17) is 19.6 Å². The molecule has 0 saturated heterocycles. The molecule has 10 heteroatoms. The number of fused-ring (bicyclic) bond motifs is 2. The highest BCUT2D eigenvalue weighted by Gasteiger charge is 2.36. The molecule has 0 bridgehead atoms. The molecule has 0 radical (unpaired) electrons. The Bertz CT molecular complexity index is 1430. The smallest absolute Gasteiger partial charge is 0.283 e. The van der Waals surface area contributed by atoms with Crippen LogP contribution in [0.3, 0.4) is 0 Å². The number of hydrogen-bond acceptors (Lipinski definition) is 8. The fraction of sp³-hybridized carbons (Fsp3) is 0.0800. The number of amides is 1. The molecule has 0 unspecified atom stereocenters. The standard InChI is InChI=1S/C25H17N5O4S/c26-22-19(23(31)28-25-30(22)29-24(35-25)17-2-1-9-27-12-17)10-15-3-6-18(7-4-15)32-13-16-5-8-20-21(11-16)34-14-33-20/h1-12,26H,13-14H2/b19-10-,26-22?. The SMILES string of the molecule is N=C1/C(=C/c2ccc(OCc3ccc4c(c3)OCO4)cc2)C(=O)N=C2SC(c3cccnc3)=NN12. The molecule has 3 aliphatic heterocycles. The third-order valence-corrected chi connectivity index (χ3v) is 6.35. The third kappa shape index (κ3) is 4.15. The molecule has 6 rings (SSSR count). The molecule has 9 nitrogen and oxygen atoms in total. The summed E-state index contributed by atoms with van der Waals surface area (Å²) in [6, 6.07) is 16.6. The van der Waals surface area contributed by atoms with E-state index in [2.05, 4.69) is 15.1 Å². The van der Waals surface area contributed by atoms with Gasteiger partial charge in [-0.3, -0.25) is 15.2 Å². The zero-order chi connectivity index (χ0) is 23.8. The van der Waals surface area contributed by atoms with E-state index >= 15 is 0 Å². The molecule has 4 heterocycles. The Morgan fingerprint density at radius 3 is 2.80 bits per heavy atom. The van der Waals surface area contributed by atoms with E-state index in [1.54, 1.807) is 18.5 Å². The molecule has 0 atom stereocenters. The lowest BCUT2D eigenvalue weighted by Crippen LogP contribution is -2.35. The number of pyridine rings is 1. The van der Waals surface area contributed by atoms with Crippen LogP contribution in [0.15, 0.2) is 82.7 Å². The van der Waals surface area contributed by atoms with Crippen LogP contribution in [-0.2, 0) is 11.4 Å². The lowest BCUT2D eigenvalue weighted by atomic mass is 10.1. The van der Waals surface area contributed by atoms with Crippen LogP contribution in [0, 0.1) is 5.41 Å². The van der Waals surface area contributed by atoms with Gasteiger partial charge in [0.25, 0.3) is 5.91 Å². The topological polar surface area (TPSA) is 109 Å². The molecule has 1 aromatic heterocycles. The third-order valence-electron chi connectivity index (χ3n) is 5.40. The van der Waals surface area contributed by atoms with E-state index in [-0.39, 0.29) is 18.2 Å². The zero-order valence-electron chi connectivity index (χ0n) is 18.2. The summed E-state index contributed by atoms with van der Waals surface area (Å²) in [4.78, 5) is 20.9. The molecule has 1 amide bonds. The van der Waals surface area contributed by atoms with Gasteiger partial charge in [-0.1, -0.05) is 18.2 Å². The Labute approximate surface area is 204 Å². The van der Waals surface area contributed by atoms with E-state index in [0.29, 0.717) is 28.3 Å². The van der Waals surface area contributed by atoms with Crippen LogP contribution < -0.4 is 14.2 Å². The number of benzene rings is 2. The summed E-state index contributed by atoms with van der Waals surface area (Å²) >= 11 is 1.24. The molecule has 35 heavy (non-hydrogen) atoms. The summed E-state index contributed by atoms with van der Waals surface area (Å²) < 4.78 is 16.6. The number of carbonyl (C=O) groups excluding carboxylic acids is 1. The number of hydrogen-bond donors (Lipinski definition) is 1. The first-order valence-electron chi connectivity index (χ1n) is 10.7. The molecular formula is C25H17N5O4S. The highest BCUT2D eigenvalue weighted by molar-refractivity contribution is 8.27. The van der Waals surface area contributed by atoms with E-state index in [9.17, 15) is 4.79 Å². The lowest BCUT2D eigenvalue weighted by Gasteiger charge is -2.20. The molecule has 0 saturated carbocycles. The second kappa shape index (κ2) is 8.73. The highest BCUT2D eigenvalue weighted by Crippen LogP contribution is 2.33. The van der Waals surface area contributed by atoms with Crippen LogP contribution in [-0.4, -0.2) is 38.7 Å². The minimum atomic E-state index is -0.473. The lowest BCUT2D eigenvalue weighted by molar-refractivity contribution is -0.114. The molecule has 0 spiro atoms. The van der Waals surface area contributed by atoms with Crippen molar-refractivity contribution in [3.8, 4) is 17.2 Å². The van der Waals surface area contributed by atoms with Crippen molar-refractivity contribution < 1.29 is 19.0 Å². The van der Waals surface area contributed by atoms with E-state index in [0.717, 1.165) is 22.4 Å². The van der Waals surface area contributed by atoms with Gasteiger partial charge in [-0.25, -0.2) is 0 Å². The Hall–Kier alpha value is -4.44. The van der Waals surface area contributed by atoms with Crippen molar-refractivity contribution in [3.05, 3.63) is 89.3 Å². The summed E-state index contributed by atoms with van der Waals surface area (Å²) in [5.41, 5.74) is 2.68. The van der Waals surface area contributed by atoms with Crippen LogP contribution in [0.2, 0.25) is 0 Å². The van der Waals surface area contributed by atoms with E-state index < -0.39 is 5.91 Å². The van der Waals surface area contributed by atoms with Crippen molar-refractivity contribution in [2.45, 2.75) is 6.61 Å². The van der Waals surface area contributed by atoms with Gasteiger partial charge >= 0.3 is 0 Å². The minimum absolute atomic E-state index is 0.0190. The van der Waals surface area contributed by atoms with Gasteiger partial charge in [-0.2, -0.15) is 15.1 Å². The van der Waals surface area contributed by atoms with Gasteiger partial charge < -0.3 is 14.2 Å². The average Bonchev–Trinajstić information content (AvgIpc) is 3.53. The van der Waals surface area contributed by atoms with Crippen LogP contribution in [0.5, 0.6) is 17.2 Å². The van der Waals surface area contributed by atoms with E-state index in [1.807, 2.05) is 54.6 Å². The number of nitrogens with one attached hydrogen (secondary N) is 1.